The van der Waals surface area contributed by atoms with E-state index in [1.54, 1.807) is 12.0 Å². The first-order valence-electron chi connectivity index (χ1n) is 9.14. The summed E-state index contributed by atoms with van der Waals surface area (Å²) >= 11 is 0. The van der Waals surface area contributed by atoms with Gasteiger partial charge >= 0.3 is 0 Å². The number of hydrogen-bond donors (Lipinski definition) is 1. The molecule has 1 aromatic carbocycles. The van der Waals surface area contributed by atoms with Crippen molar-refractivity contribution < 1.29 is 14.3 Å². The van der Waals surface area contributed by atoms with E-state index < -0.39 is 5.56 Å². The first-order chi connectivity index (χ1) is 13.1. The predicted octanol–water partition coefficient (Wildman–Crippen LogP) is 2.01. The summed E-state index contributed by atoms with van der Waals surface area (Å²) in [7, 11) is 1.58. The highest BCUT2D eigenvalue weighted by Crippen LogP contribution is 2.16. The van der Waals surface area contributed by atoms with Crippen LogP contribution in [-0.2, 0) is 9.47 Å². The molecule has 27 heavy (non-hydrogen) atoms. The lowest BCUT2D eigenvalue weighted by Crippen LogP contribution is -2.41. The Hall–Kier alpha value is -2.51. The van der Waals surface area contributed by atoms with Crippen LogP contribution >= 0.6 is 0 Å². The molecule has 2 aromatic rings. The van der Waals surface area contributed by atoms with Crippen molar-refractivity contribution in [3.8, 4) is 11.4 Å². The van der Waals surface area contributed by atoms with Crippen molar-refractivity contribution in [2.45, 2.75) is 25.9 Å². The van der Waals surface area contributed by atoms with Gasteiger partial charge in [0.05, 0.1) is 12.7 Å². The molecule has 1 saturated heterocycles. The summed E-state index contributed by atoms with van der Waals surface area (Å²) < 4.78 is 10.7. The van der Waals surface area contributed by atoms with Crippen LogP contribution in [-0.4, -0.2) is 60.3 Å². The summed E-state index contributed by atoms with van der Waals surface area (Å²) in [4.78, 5) is 34.1. The zero-order valence-electron chi connectivity index (χ0n) is 15.7. The highest BCUT2D eigenvalue weighted by Gasteiger charge is 2.25. The molecule has 1 fully saturated rings. The molecule has 7 nitrogen and oxygen atoms in total. The van der Waals surface area contributed by atoms with Crippen molar-refractivity contribution in [2.24, 2.45) is 0 Å². The third kappa shape index (κ3) is 4.81. The van der Waals surface area contributed by atoms with E-state index in [2.05, 4.69) is 9.97 Å². The number of nitrogens with one attached hydrogen (secondary N) is 1. The Morgan fingerprint density at radius 1 is 1.37 bits per heavy atom. The number of aromatic nitrogens is 2. The maximum Gasteiger partial charge on any atom is 0.264 e. The first kappa shape index (κ1) is 19.3. The number of carbonyl (C=O) groups is 1. The molecule has 0 saturated carbocycles. The molecule has 144 valence electrons. The highest BCUT2D eigenvalue weighted by molar-refractivity contribution is 5.93. The van der Waals surface area contributed by atoms with Crippen LogP contribution in [0.25, 0.3) is 11.4 Å². The van der Waals surface area contributed by atoms with Gasteiger partial charge in [0, 0.05) is 38.6 Å². The summed E-state index contributed by atoms with van der Waals surface area (Å²) in [5.74, 6) is 0.0888. The fourth-order valence-electron chi connectivity index (χ4n) is 3.09. The van der Waals surface area contributed by atoms with Crippen molar-refractivity contribution in [3.63, 3.8) is 0 Å². The van der Waals surface area contributed by atoms with Gasteiger partial charge in [0.15, 0.2) is 0 Å². The van der Waals surface area contributed by atoms with Crippen LogP contribution < -0.4 is 5.56 Å². The first-order valence-corrected chi connectivity index (χ1v) is 9.14. The third-order valence-corrected chi connectivity index (χ3v) is 4.66. The number of nitrogens with zero attached hydrogens (tertiary/aromatic N) is 2. The molecule has 0 spiro atoms. The van der Waals surface area contributed by atoms with E-state index in [1.165, 1.54) is 6.20 Å². The molecule has 2 heterocycles. The Balaban J connectivity index is 1.80. The minimum absolute atomic E-state index is 0.00433. The molecule has 1 amide bonds. The molecule has 3 rings (SSSR count). The quantitative estimate of drug-likeness (QED) is 0.805. The average Bonchev–Trinajstić information content (AvgIpc) is 3.18. The fraction of sp³-hybridized carbons (Fsp3) is 0.450. The maximum atomic E-state index is 12.9. The van der Waals surface area contributed by atoms with E-state index >= 15 is 0 Å². The van der Waals surface area contributed by atoms with E-state index in [1.807, 2.05) is 31.2 Å². The number of hydrogen-bond acceptors (Lipinski definition) is 5. The molecule has 1 aliphatic rings. The van der Waals surface area contributed by atoms with Crippen molar-refractivity contribution >= 4 is 5.91 Å². The lowest BCUT2D eigenvalue weighted by Gasteiger charge is -2.25. The Labute approximate surface area is 158 Å². The van der Waals surface area contributed by atoms with Gasteiger partial charge in [-0.05, 0) is 19.8 Å². The summed E-state index contributed by atoms with van der Waals surface area (Å²) in [6.07, 6.45) is 3.26. The molecule has 1 atom stereocenters. The Bertz CT molecular complexity index is 826. The summed E-state index contributed by atoms with van der Waals surface area (Å²) in [5, 5.41) is 0. The smallest absolute Gasteiger partial charge is 0.264 e. The van der Waals surface area contributed by atoms with Crippen LogP contribution in [0.1, 0.15) is 28.8 Å². The van der Waals surface area contributed by atoms with Crippen molar-refractivity contribution in [2.75, 3.05) is 33.4 Å². The highest BCUT2D eigenvalue weighted by atomic mass is 16.5. The zero-order chi connectivity index (χ0) is 19.2. The Morgan fingerprint density at radius 2 is 2.15 bits per heavy atom. The molecule has 0 bridgehead atoms. The summed E-state index contributed by atoms with van der Waals surface area (Å²) in [5.41, 5.74) is 1.50. The summed E-state index contributed by atoms with van der Waals surface area (Å²) in [6.45, 7) is 3.94. The Morgan fingerprint density at radius 3 is 2.78 bits per heavy atom. The topological polar surface area (TPSA) is 84.5 Å². The van der Waals surface area contributed by atoms with Gasteiger partial charge in [0.1, 0.15) is 11.4 Å². The van der Waals surface area contributed by atoms with Crippen LogP contribution in [0.4, 0.5) is 0 Å². The standard InChI is InChI=1S/C20H25N3O4/c1-14-5-7-15(8-6-14)18-21-12-17(19(24)22-18)20(25)23(9-11-26-2)13-16-4-3-10-27-16/h5-8,12,16H,3-4,9-11,13H2,1-2H3,(H,21,22,24). The van der Waals surface area contributed by atoms with Gasteiger partial charge in [0.25, 0.3) is 11.5 Å². The second kappa shape index (κ2) is 8.92. The van der Waals surface area contributed by atoms with Crippen LogP contribution in [0.5, 0.6) is 0 Å². The number of aromatic amines is 1. The van der Waals surface area contributed by atoms with Gasteiger partial charge < -0.3 is 19.4 Å². The van der Waals surface area contributed by atoms with E-state index in [4.69, 9.17) is 9.47 Å². The number of H-pyrrole nitrogens is 1. The van der Waals surface area contributed by atoms with Crippen LogP contribution in [0, 0.1) is 6.92 Å². The number of ether oxygens (including phenoxy) is 2. The van der Waals surface area contributed by atoms with Crippen molar-refractivity contribution in [1.82, 2.24) is 14.9 Å². The predicted molar refractivity (Wildman–Crippen MR) is 102 cm³/mol. The number of benzene rings is 1. The monoisotopic (exact) mass is 371 g/mol. The minimum Gasteiger partial charge on any atom is -0.383 e. The van der Waals surface area contributed by atoms with Crippen LogP contribution in [0.2, 0.25) is 0 Å². The molecular weight excluding hydrogens is 346 g/mol. The minimum atomic E-state index is -0.444. The second-order valence-electron chi connectivity index (χ2n) is 6.72. The molecule has 1 aliphatic heterocycles. The Kier molecular flexibility index (Phi) is 6.36. The lowest BCUT2D eigenvalue weighted by atomic mass is 10.1. The fourth-order valence-corrected chi connectivity index (χ4v) is 3.09. The lowest BCUT2D eigenvalue weighted by molar-refractivity contribution is 0.0454. The zero-order valence-corrected chi connectivity index (χ0v) is 15.7. The van der Waals surface area contributed by atoms with Crippen molar-refractivity contribution in [1.29, 1.82) is 0 Å². The largest absolute Gasteiger partial charge is 0.383 e. The van der Waals surface area contributed by atoms with Gasteiger partial charge in [-0.1, -0.05) is 29.8 Å². The number of aryl methyl sites for hydroxylation is 1. The third-order valence-electron chi connectivity index (χ3n) is 4.66. The second-order valence-corrected chi connectivity index (χ2v) is 6.72. The molecule has 1 N–H and O–H groups in total. The van der Waals surface area contributed by atoms with Crippen molar-refractivity contribution in [3.05, 3.63) is 51.9 Å². The van der Waals surface area contributed by atoms with E-state index in [9.17, 15) is 9.59 Å². The summed E-state index contributed by atoms with van der Waals surface area (Å²) in [6, 6.07) is 7.67. The molecule has 1 aromatic heterocycles. The van der Waals surface area contributed by atoms with E-state index in [-0.39, 0.29) is 17.6 Å². The van der Waals surface area contributed by atoms with Crippen LogP contribution in [0.3, 0.4) is 0 Å². The molecule has 7 heteroatoms. The maximum absolute atomic E-state index is 12.9. The normalized spacial score (nSPS) is 16.4. The van der Waals surface area contributed by atoms with Crippen LogP contribution in [0.15, 0.2) is 35.3 Å². The van der Waals surface area contributed by atoms with Gasteiger partial charge in [0.2, 0.25) is 0 Å². The molecule has 0 aliphatic carbocycles. The SMILES string of the molecule is COCCN(CC1CCCO1)C(=O)c1cnc(-c2ccc(C)cc2)[nH]c1=O. The number of rotatable bonds is 7. The van der Waals surface area contributed by atoms with E-state index in [0.717, 1.165) is 24.0 Å². The van der Waals surface area contributed by atoms with Gasteiger partial charge in [-0.3, -0.25) is 9.59 Å². The van der Waals surface area contributed by atoms with Gasteiger partial charge in [-0.25, -0.2) is 4.98 Å². The van der Waals surface area contributed by atoms with E-state index in [0.29, 0.717) is 32.1 Å². The van der Waals surface area contributed by atoms with Gasteiger partial charge in [-0.15, -0.1) is 0 Å². The molecular formula is C20H25N3O4. The number of carbonyl (C=O) groups excluding carboxylic acids is 1. The average molecular weight is 371 g/mol. The molecule has 1 unspecified atom stereocenters. The molecule has 0 radical (unpaired) electrons. The van der Waals surface area contributed by atoms with Gasteiger partial charge in [-0.2, -0.15) is 0 Å². The number of amides is 1. The number of methoxy groups -OCH3 is 1.